The minimum Gasteiger partial charge on any atom is -0.490 e. The first-order chi connectivity index (χ1) is 16.0. The summed E-state index contributed by atoms with van der Waals surface area (Å²) in [5.41, 5.74) is 1.67. The lowest BCUT2D eigenvalue weighted by atomic mass is 9.94. The summed E-state index contributed by atoms with van der Waals surface area (Å²) in [6.07, 6.45) is 1.01. The second-order valence-electron chi connectivity index (χ2n) is 8.93. The van der Waals surface area contributed by atoms with Crippen LogP contribution < -0.4 is 29.2 Å². The zero-order valence-corrected chi connectivity index (χ0v) is 18.8. The van der Waals surface area contributed by atoms with Gasteiger partial charge in [-0.15, -0.1) is 0 Å². The number of nitrogens with zero attached hydrogens (tertiary/aromatic N) is 1. The Kier molecular flexibility index (Phi) is 5.74. The standard InChI is InChI=1S/C25H28N2O6/c1-15(2)24(16-4-6-19-21(10-16)31-9-3-8-30-19)26-25(29)17-11-23(28)27(13-17)18-5-7-20-22(12-18)33-14-32-20/h4-7,10,12,15,17,24H,3,8-9,11,13-14H2,1-2H3,(H,26,29)/t17-,24-/m1/s1. The van der Waals surface area contributed by atoms with Crippen LogP contribution in [0.2, 0.25) is 0 Å². The number of benzene rings is 2. The topological polar surface area (TPSA) is 86.3 Å². The van der Waals surface area contributed by atoms with Crippen molar-refractivity contribution < 1.29 is 28.5 Å². The number of amides is 2. The van der Waals surface area contributed by atoms with Gasteiger partial charge >= 0.3 is 0 Å². The van der Waals surface area contributed by atoms with Gasteiger partial charge in [-0.1, -0.05) is 19.9 Å². The number of carbonyl (C=O) groups excluding carboxylic acids is 2. The molecule has 0 aromatic heterocycles. The summed E-state index contributed by atoms with van der Waals surface area (Å²) in [5.74, 6) is 2.23. The Morgan fingerprint density at radius 1 is 0.970 bits per heavy atom. The Morgan fingerprint density at radius 3 is 2.48 bits per heavy atom. The Hall–Kier alpha value is -3.42. The smallest absolute Gasteiger partial charge is 0.231 e. The number of nitrogens with one attached hydrogen (secondary N) is 1. The summed E-state index contributed by atoms with van der Waals surface area (Å²) < 4.78 is 22.3. The number of hydrogen-bond donors (Lipinski definition) is 1. The molecule has 0 spiro atoms. The van der Waals surface area contributed by atoms with E-state index in [0.717, 1.165) is 17.7 Å². The molecule has 8 nitrogen and oxygen atoms in total. The van der Waals surface area contributed by atoms with Crippen molar-refractivity contribution in [3.8, 4) is 23.0 Å². The van der Waals surface area contributed by atoms with Crippen LogP contribution in [0.4, 0.5) is 5.69 Å². The molecule has 33 heavy (non-hydrogen) atoms. The van der Waals surface area contributed by atoms with Crippen molar-refractivity contribution in [2.75, 3.05) is 31.5 Å². The van der Waals surface area contributed by atoms with E-state index in [0.29, 0.717) is 42.7 Å². The summed E-state index contributed by atoms with van der Waals surface area (Å²) >= 11 is 0. The molecular weight excluding hydrogens is 424 g/mol. The van der Waals surface area contributed by atoms with E-state index >= 15 is 0 Å². The Labute approximate surface area is 192 Å². The number of fused-ring (bicyclic) bond motifs is 2. The van der Waals surface area contributed by atoms with Gasteiger partial charge in [-0.3, -0.25) is 9.59 Å². The molecule has 3 aliphatic heterocycles. The summed E-state index contributed by atoms with van der Waals surface area (Å²) in [6, 6.07) is 11.0. The van der Waals surface area contributed by atoms with E-state index in [9.17, 15) is 9.59 Å². The Bertz CT molecular complexity index is 1070. The average molecular weight is 453 g/mol. The number of anilines is 1. The molecule has 5 rings (SSSR count). The molecule has 0 unspecified atom stereocenters. The van der Waals surface area contributed by atoms with Crippen LogP contribution in [0.3, 0.4) is 0 Å². The van der Waals surface area contributed by atoms with E-state index in [2.05, 4.69) is 19.2 Å². The summed E-state index contributed by atoms with van der Waals surface area (Å²) in [4.78, 5) is 27.6. The first-order valence-electron chi connectivity index (χ1n) is 11.4. The zero-order chi connectivity index (χ0) is 22.9. The monoisotopic (exact) mass is 452 g/mol. The van der Waals surface area contributed by atoms with Crippen LogP contribution >= 0.6 is 0 Å². The second kappa shape index (κ2) is 8.84. The predicted molar refractivity (Wildman–Crippen MR) is 121 cm³/mol. The number of hydrogen-bond acceptors (Lipinski definition) is 6. The number of rotatable bonds is 5. The third-order valence-corrected chi connectivity index (χ3v) is 6.26. The van der Waals surface area contributed by atoms with E-state index in [1.807, 2.05) is 24.3 Å². The van der Waals surface area contributed by atoms with Gasteiger partial charge in [-0.05, 0) is 35.7 Å². The van der Waals surface area contributed by atoms with E-state index in [-0.39, 0.29) is 37.0 Å². The predicted octanol–water partition coefficient (Wildman–Crippen LogP) is 3.44. The van der Waals surface area contributed by atoms with Crippen molar-refractivity contribution in [2.24, 2.45) is 11.8 Å². The fraction of sp³-hybridized carbons (Fsp3) is 0.440. The lowest BCUT2D eigenvalue weighted by molar-refractivity contribution is -0.127. The highest BCUT2D eigenvalue weighted by atomic mass is 16.7. The summed E-state index contributed by atoms with van der Waals surface area (Å²) in [6.45, 7) is 5.87. The first-order valence-corrected chi connectivity index (χ1v) is 11.4. The van der Waals surface area contributed by atoms with Crippen LogP contribution in [0.15, 0.2) is 36.4 Å². The van der Waals surface area contributed by atoms with Crippen molar-refractivity contribution in [2.45, 2.75) is 32.7 Å². The lowest BCUT2D eigenvalue weighted by Crippen LogP contribution is -2.37. The number of ether oxygens (including phenoxy) is 4. The molecule has 8 heteroatoms. The van der Waals surface area contributed by atoms with Gasteiger partial charge in [0.15, 0.2) is 23.0 Å². The molecule has 3 aliphatic rings. The summed E-state index contributed by atoms with van der Waals surface area (Å²) in [5, 5.41) is 3.17. The lowest BCUT2D eigenvalue weighted by Gasteiger charge is -2.25. The van der Waals surface area contributed by atoms with Gasteiger partial charge in [0.2, 0.25) is 18.6 Å². The molecular formula is C25H28N2O6. The van der Waals surface area contributed by atoms with Crippen molar-refractivity contribution >= 4 is 17.5 Å². The SMILES string of the molecule is CC(C)[C@@H](NC(=O)[C@@H]1CC(=O)N(c2ccc3c(c2)OCO3)C1)c1ccc2c(c1)OCCCO2. The van der Waals surface area contributed by atoms with Crippen LogP contribution in [0.25, 0.3) is 0 Å². The normalized spacial score (nSPS) is 20.0. The molecule has 1 fully saturated rings. The van der Waals surface area contributed by atoms with Gasteiger partial charge in [-0.25, -0.2) is 0 Å². The second-order valence-corrected chi connectivity index (χ2v) is 8.93. The third kappa shape index (κ3) is 4.29. The van der Waals surface area contributed by atoms with Crippen molar-refractivity contribution in [1.29, 1.82) is 0 Å². The van der Waals surface area contributed by atoms with Gasteiger partial charge in [0.1, 0.15) is 0 Å². The van der Waals surface area contributed by atoms with Crippen LogP contribution in [-0.4, -0.2) is 38.4 Å². The van der Waals surface area contributed by atoms with E-state index in [1.54, 1.807) is 17.0 Å². The van der Waals surface area contributed by atoms with Gasteiger partial charge in [0.25, 0.3) is 0 Å². The van der Waals surface area contributed by atoms with Crippen LogP contribution in [0, 0.1) is 11.8 Å². The van der Waals surface area contributed by atoms with Gasteiger partial charge < -0.3 is 29.2 Å². The molecule has 1 N–H and O–H groups in total. The molecule has 0 radical (unpaired) electrons. The summed E-state index contributed by atoms with van der Waals surface area (Å²) in [7, 11) is 0. The molecule has 1 saturated heterocycles. The molecule has 2 amide bonds. The molecule has 0 saturated carbocycles. The highest BCUT2D eigenvalue weighted by Gasteiger charge is 2.37. The molecule has 0 bridgehead atoms. The molecule has 0 aliphatic carbocycles. The maximum absolute atomic E-state index is 13.2. The molecule has 2 aromatic rings. The van der Waals surface area contributed by atoms with Gasteiger partial charge in [0.05, 0.1) is 25.2 Å². The largest absolute Gasteiger partial charge is 0.490 e. The molecule has 2 aromatic carbocycles. The maximum atomic E-state index is 13.2. The number of carbonyl (C=O) groups is 2. The first kappa shape index (κ1) is 21.4. The molecule has 174 valence electrons. The van der Waals surface area contributed by atoms with Crippen LogP contribution in [-0.2, 0) is 9.59 Å². The van der Waals surface area contributed by atoms with Crippen LogP contribution in [0.5, 0.6) is 23.0 Å². The minimum absolute atomic E-state index is 0.0781. The fourth-order valence-electron chi connectivity index (χ4n) is 4.47. The molecule has 3 heterocycles. The molecule has 2 atom stereocenters. The average Bonchev–Trinajstić information content (AvgIpc) is 3.36. The van der Waals surface area contributed by atoms with Gasteiger partial charge in [-0.2, -0.15) is 0 Å². The van der Waals surface area contributed by atoms with E-state index < -0.39 is 5.92 Å². The van der Waals surface area contributed by atoms with Gasteiger partial charge in [0, 0.05) is 31.1 Å². The van der Waals surface area contributed by atoms with E-state index in [4.69, 9.17) is 18.9 Å². The highest BCUT2D eigenvalue weighted by molar-refractivity contribution is 6.00. The van der Waals surface area contributed by atoms with E-state index in [1.165, 1.54) is 0 Å². The minimum atomic E-state index is -0.426. The Balaban J connectivity index is 1.30. The zero-order valence-electron chi connectivity index (χ0n) is 18.8. The van der Waals surface area contributed by atoms with Crippen LogP contribution in [0.1, 0.15) is 38.3 Å². The quantitative estimate of drug-likeness (QED) is 0.748. The maximum Gasteiger partial charge on any atom is 0.231 e. The van der Waals surface area contributed by atoms with Crippen molar-refractivity contribution in [1.82, 2.24) is 5.32 Å². The van der Waals surface area contributed by atoms with Crippen molar-refractivity contribution in [3.05, 3.63) is 42.0 Å². The highest BCUT2D eigenvalue weighted by Crippen LogP contribution is 2.38. The third-order valence-electron chi connectivity index (χ3n) is 6.26. The fourth-order valence-corrected chi connectivity index (χ4v) is 4.47. The van der Waals surface area contributed by atoms with Crippen molar-refractivity contribution in [3.63, 3.8) is 0 Å². The Morgan fingerprint density at radius 2 is 1.67 bits per heavy atom.